The summed E-state index contributed by atoms with van der Waals surface area (Å²) in [5, 5.41) is 14.5. The Hall–Kier alpha value is -0.870. The van der Waals surface area contributed by atoms with Gasteiger partial charge in [-0.2, -0.15) is 0 Å². The quantitative estimate of drug-likeness (QED) is 0.848. The zero-order chi connectivity index (χ0) is 12.3. The molecule has 0 amide bonds. The highest BCUT2D eigenvalue weighted by Crippen LogP contribution is 2.29. The fourth-order valence-corrected chi connectivity index (χ4v) is 3.34. The van der Waals surface area contributed by atoms with Crippen LogP contribution in [-0.2, 0) is 4.79 Å². The van der Waals surface area contributed by atoms with Crippen molar-refractivity contribution in [3.8, 4) is 0 Å². The standard InChI is InChI=1S/C13H19NO2S/c1-9-4-5-10(7-9)14-11(8-13(15)16)12-3-2-6-17-12/h2-3,6,9-11,14H,4-5,7-8H2,1H3,(H,15,16). The van der Waals surface area contributed by atoms with Crippen LogP contribution >= 0.6 is 11.3 Å². The molecular weight excluding hydrogens is 234 g/mol. The van der Waals surface area contributed by atoms with E-state index in [-0.39, 0.29) is 12.5 Å². The van der Waals surface area contributed by atoms with Gasteiger partial charge in [0.25, 0.3) is 0 Å². The molecule has 1 aromatic rings. The van der Waals surface area contributed by atoms with E-state index in [0.717, 1.165) is 10.8 Å². The van der Waals surface area contributed by atoms with Gasteiger partial charge < -0.3 is 10.4 Å². The topological polar surface area (TPSA) is 49.3 Å². The van der Waals surface area contributed by atoms with E-state index in [4.69, 9.17) is 5.11 Å². The highest BCUT2D eigenvalue weighted by atomic mass is 32.1. The molecule has 0 bridgehead atoms. The van der Waals surface area contributed by atoms with Crippen molar-refractivity contribution in [2.75, 3.05) is 0 Å². The van der Waals surface area contributed by atoms with Gasteiger partial charge in [0, 0.05) is 10.9 Å². The lowest BCUT2D eigenvalue weighted by atomic mass is 10.1. The largest absolute Gasteiger partial charge is 0.481 e. The van der Waals surface area contributed by atoms with Crippen molar-refractivity contribution in [2.24, 2.45) is 5.92 Å². The van der Waals surface area contributed by atoms with Gasteiger partial charge in [0.1, 0.15) is 0 Å². The van der Waals surface area contributed by atoms with Crippen LogP contribution in [0.1, 0.15) is 43.5 Å². The highest BCUT2D eigenvalue weighted by Gasteiger charge is 2.25. The maximum atomic E-state index is 10.9. The second-order valence-corrected chi connectivity index (χ2v) is 5.93. The van der Waals surface area contributed by atoms with Crippen LogP contribution in [0.5, 0.6) is 0 Å². The Balaban J connectivity index is 1.98. The number of aliphatic carboxylic acids is 1. The number of rotatable bonds is 5. The first kappa shape index (κ1) is 12.6. The summed E-state index contributed by atoms with van der Waals surface area (Å²) < 4.78 is 0. The highest BCUT2D eigenvalue weighted by molar-refractivity contribution is 7.10. The Morgan fingerprint density at radius 3 is 3.00 bits per heavy atom. The molecule has 1 aromatic heterocycles. The smallest absolute Gasteiger partial charge is 0.305 e. The van der Waals surface area contributed by atoms with E-state index in [1.54, 1.807) is 11.3 Å². The Bertz CT molecular complexity index is 364. The predicted octanol–water partition coefficient (Wildman–Crippen LogP) is 3.04. The van der Waals surface area contributed by atoms with Gasteiger partial charge in [0.2, 0.25) is 0 Å². The van der Waals surface area contributed by atoms with Gasteiger partial charge in [-0.05, 0) is 36.6 Å². The Morgan fingerprint density at radius 2 is 2.47 bits per heavy atom. The van der Waals surface area contributed by atoms with E-state index < -0.39 is 5.97 Å². The molecule has 1 aliphatic rings. The number of carboxylic acid groups (broad SMARTS) is 1. The van der Waals surface area contributed by atoms with Gasteiger partial charge in [-0.15, -0.1) is 11.3 Å². The summed E-state index contributed by atoms with van der Waals surface area (Å²) in [7, 11) is 0. The van der Waals surface area contributed by atoms with Gasteiger partial charge in [0.05, 0.1) is 12.5 Å². The summed E-state index contributed by atoms with van der Waals surface area (Å²) in [6.45, 7) is 2.26. The maximum Gasteiger partial charge on any atom is 0.305 e. The SMILES string of the molecule is CC1CCC(NC(CC(=O)O)c2cccs2)C1. The van der Waals surface area contributed by atoms with E-state index in [1.807, 2.05) is 17.5 Å². The first-order chi connectivity index (χ1) is 8.15. The maximum absolute atomic E-state index is 10.9. The summed E-state index contributed by atoms with van der Waals surface area (Å²) in [6.07, 6.45) is 3.76. The number of carbonyl (C=O) groups is 1. The lowest BCUT2D eigenvalue weighted by Gasteiger charge is -2.20. The molecule has 1 heterocycles. The molecular formula is C13H19NO2S. The number of carboxylic acids is 1. The first-order valence-electron chi connectivity index (χ1n) is 6.16. The average Bonchev–Trinajstić information content (AvgIpc) is 2.87. The normalized spacial score (nSPS) is 25.9. The number of thiophene rings is 1. The fourth-order valence-electron chi connectivity index (χ4n) is 2.55. The Labute approximate surface area is 106 Å². The van der Waals surface area contributed by atoms with E-state index >= 15 is 0 Å². The minimum absolute atomic E-state index is 0.0252. The molecule has 1 fully saturated rings. The number of nitrogens with one attached hydrogen (secondary N) is 1. The summed E-state index contributed by atoms with van der Waals surface area (Å²) in [5.74, 6) is 0.0308. The minimum atomic E-state index is -0.734. The lowest BCUT2D eigenvalue weighted by Crippen LogP contribution is -2.31. The van der Waals surface area contributed by atoms with Crippen LogP contribution in [0.15, 0.2) is 17.5 Å². The van der Waals surface area contributed by atoms with E-state index in [1.165, 1.54) is 19.3 Å². The van der Waals surface area contributed by atoms with Crippen molar-refractivity contribution in [3.63, 3.8) is 0 Å². The lowest BCUT2D eigenvalue weighted by molar-refractivity contribution is -0.137. The molecule has 17 heavy (non-hydrogen) atoms. The molecule has 2 rings (SSSR count). The van der Waals surface area contributed by atoms with Crippen molar-refractivity contribution >= 4 is 17.3 Å². The molecule has 3 atom stereocenters. The summed E-state index contributed by atoms with van der Waals surface area (Å²) in [6, 6.07) is 4.46. The van der Waals surface area contributed by atoms with Crippen molar-refractivity contribution in [3.05, 3.63) is 22.4 Å². The molecule has 1 saturated carbocycles. The molecule has 0 spiro atoms. The first-order valence-corrected chi connectivity index (χ1v) is 7.04. The van der Waals surface area contributed by atoms with Crippen molar-refractivity contribution < 1.29 is 9.90 Å². The van der Waals surface area contributed by atoms with Gasteiger partial charge in [-0.3, -0.25) is 4.79 Å². The predicted molar refractivity (Wildman–Crippen MR) is 69.3 cm³/mol. The molecule has 0 aliphatic heterocycles. The molecule has 2 N–H and O–H groups in total. The third-order valence-corrected chi connectivity index (χ3v) is 4.38. The molecule has 3 unspecified atom stereocenters. The molecule has 0 radical (unpaired) electrons. The van der Waals surface area contributed by atoms with Crippen LogP contribution in [0.4, 0.5) is 0 Å². The third-order valence-electron chi connectivity index (χ3n) is 3.40. The Kier molecular flexibility index (Phi) is 4.18. The van der Waals surface area contributed by atoms with Crippen LogP contribution in [0, 0.1) is 5.92 Å². The van der Waals surface area contributed by atoms with E-state index in [2.05, 4.69) is 12.2 Å². The molecule has 1 aliphatic carbocycles. The van der Waals surface area contributed by atoms with E-state index in [9.17, 15) is 4.79 Å². The van der Waals surface area contributed by atoms with Gasteiger partial charge in [0.15, 0.2) is 0 Å². The van der Waals surface area contributed by atoms with Gasteiger partial charge in [-0.25, -0.2) is 0 Å². The summed E-state index contributed by atoms with van der Waals surface area (Å²) in [5.41, 5.74) is 0. The second kappa shape index (κ2) is 5.65. The average molecular weight is 253 g/mol. The third kappa shape index (κ3) is 3.54. The fraction of sp³-hybridized carbons (Fsp3) is 0.615. The molecule has 94 valence electrons. The van der Waals surface area contributed by atoms with Crippen LogP contribution in [0.25, 0.3) is 0 Å². The Morgan fingerprint density at radius 1 is 1.65 bits per heavy atom. The zero-order valence-corrected chi connectivity index (χ0v) is 10.9. The number of hydrogen-bond donors (Lipinski definition) is 2. The molecule has 3 nitrogen and oxygen atoms in total. The van der Waals surface area contributed by atoms with E-state index in [0.29, 0.717) is 6.04 Å². The second-order valence-electron chi connectivity index (χ2n) is 4.95. The van der Waals surface area contributed by atoms with Crippen LogP contribution in [0.3, 0.4) is 0 Å². The zero-order valence-electron chi connectivity index (χ0n) is 10.1. The summed E-state index contributed by atoms with van der Waals surface area (Å²) in [4.78, 5) is 12.0. The number of hydrogen-bond acceptors (Lipinski definition) is 3. The van der Waals surface area contributed by atoms with Crippen LogP contribution in [-0.4, -0.2) is 17.1 Å². The minimum Gasteiger partial charge on any atom is -0.481 e. The van der Waals surface area contributed by atoms with Gasteiger partial charge >= 0.3 is 5.97 Å². The van der Waals surface area contributed by atoms with Crippen LogP contribution < -0.4 is 5.32 Å². The summed E-state index contributed by atoms with van der Waals surface area (Å²) >= 11 is 1.63. The molecule has 4 heteroatoms. The van der Waals surface area contributed by atoms with Crippen molar-refractivity contribution in [1.82, 2.24) is 5.32 Å². The molecule has 0 aromatic carbocycles. The van der Waals surface area contributed by atoms with Crippen molar-refractivity contribution in [2.45, 2.75) is 44.7 Å². The van der Waals surface area contributed by atoms with Crippen LogP contribution in [0.2, 0.25) is 0 Å². The monoisotopic (exact) mass is 253 g/mol. The molecule has 0 saturated heterocycles. The van der Waals surface area contributed by atoms with Crippen molar-refractivity contribution in [1.29, 1.82) is 0 Å². The van der Waals surface area contributed by atoms with Gasteiger partial charge in [-0.1, -0.05) is 13.0 Å².